The van der Waals surface area contributed by atoms with Gasteiger partial charge in [-0.05, 0) is 12.1 Å². The highest BCUT2D eigenvalue weighted by Crippen LogP contribution is 2.20. The van der Waals surface area contributed by atoms with E-state index in [9.17, 15) is 12.8 Å². The molecule has 5 nitrogen and oxygen atoms in total. The summed E-state index contributed by atoms with van der Waals surface area (Å²) in [5.41, 5.74) is 6.60. The van der Waals surface area contributed by atoms with Gasteiger partial charge in [0.15, 0.2) is 0 Å². The Labute approximate surface area is 123 Å². The van der Waals surface area contributed by atoms with Crippen LogP contribution in [0.4, 0.5) is 4.39 Å². The molecule has 0 radical (unpaired) electrons. The van der Waals surface area contributed by atoms with Crippen LogP contribution in [0, 0.1) is 5.82 Å². The molecule has 0 aliphatic carbocycles. The Balaban J connectivity index is 2.28. The molecule has 0 bridgehead atoms. The summed E-state index contributed by atoms with van der Waals surface area (Å²) in [4.78, 5) is 0.157. The zero-order valence-corrected chi connectivity index (χ0v) is 12.8. The second-order valence-electron chi connectivity index (χ2n) is 4.83. The molecule has 0 spiro atoms. The molecule has 0 saturated carbocycles. The molecule has 0 fully saturated rings. The lowest BCUT2D eigenvalue weighted by molar-refractivity contribution is 0.456. The fraction of sp³-hybridized carbons (Fsp3) is 0.286. The average Bonchev–Trinajstić information content (AvgIpc) is 2.83. The molecule has 2 N–H and O–H groups in total. The molecule has 1 aromatic carbocycles. The first-order chi connectivity index (χ1) is 9.86. The first-order valence-corrected chi connectivity index (χ1v) is 7.85. The Hall–Kier alpha value is -1.70. The lowest BCUT2D eigenvalue weighted by Gasteiger charge is -2.16. The highest BCUT2D eigenvalue weighted by molar-refractivity contribution is 7.89. The van der Waals surface area contributed by atoms with Gasteiger partial charge in [0.1, 0.15) is 10.7 Å². The third-order valence-electron chi connectivity index (χ3n) is 3.35. The van der Waals surface area contributed by atoms with Gasteiger partial charge in [0, 0.05) is 44.6 Å². The molecule has 1 heterocycles. The molecule has 21 heavy (non-hydrogen) atoms. The van der Waals surface area contributed by atoms with Gasteiger partial charge < -0.3 is 10.3 Å². The third-order valence-corrected chi connectivity index (χ3v) is 5.12. The van der Waals surface area contributed by atoms with Gasteiger partial charge in [-0.25, -0.2) is 12.8 Å². The normalized spacial score (nSPS) is 12.0. The van der Waals surface area contributed by atoms with E-state index >= 15 is 0 Å². The first kappa shape index (κ1) is 15.7. The first-order valence-electron chi connectivity index (χ1n) is 6.41. The summed E-state index contributed by atoms with van der Waals surface area (Å²) in [5, 5.41) is 0. The number of benzene rings is 1. The van der Waals surface area contributed by atoms with Crippen LogP contribution >= 0.6 is 0 Å². The van der Waals surface area contributed by atoms with Gasteiger partial charge in [0.05, 0.1) is 0 Å². The molecule has 0 unspecified atom stereocenters. The van der Waals surface area contributed by atoms with Gasteiger partial charge in [-0.3, -0.25) is 0 Å². The van der Waals surface area contributed by atoms with Gasteiger partial charge in [-0.15, -0.1) is 0 Å². The van der Waals surface area contributed by atoms with Crippen LogP contribution in [-0.4, -0.2) is 24.3 Å². The number of rotatable bonds is 5. The van der Waals surface area contributed by atoms with E-state index in [2.05, 4.69) is 0 Å². The number of hydrogen-bond donors (Lipinski definition) is 1. The molecular formula is C14H18FN3O2S. The monoisotopic (exact) mass is 311 g/mol. The predicted molar refractivity (Wildman–Crippen MR) is 78.4 cm³/mol. The maximum atomic E-state index is 13.6. The van der Waals surface area contributed by atoms with E-state index in [1.807, 2.05) is 0 Å². The van der Waals surface area contributed by atoms with Crippen molar-refractivity contribution in [2.75, 3.05) is 7.05 Å². The summed E-state index contributed by atoms with van der Waals surface area (Å²) in [5.74, 6) is -0.421. The predicted octanol–water partition coefficient (Wildman–Crippen LogP) is 1.44. The highest BCUT2D eigenvalue weighted by atomic mass is 32.2. The smallest absolute Gasteiger partial charge is 0.244 e. The van der Waals surface area contributed by atoms with Crippen molar-refractivity contribution in [3.8, 4) is 0 Å². The summed E-state index contributed by atoms with van der Waals surface area (Å²) >= 11 is 0. The SMILES string of the molecule is CN(Cc1ccccc1F)S(=O)(=O)c1cc(CN)n(C)c1. The number of halogens is 1. The van der Waals surface area contributed by atoms with E-state index in [1.54, 1.807) is 29.8 Å². The molecular weight excluding hydrogens is 293 g/mol. The van der Waals surface area contributed by atoms with Gasteiger partial charge in [-0.1, -0.05) is 18.2 Å². The lowest BCUT2D eigenvalue weighted by Crippen LogP contribution is -2.26. The second kappa shape index (κ2) is 5.97. The van der Waals surface area contributed by atoms with Crippen LogP contribution in [0.1, 0.15) is 11.3 Å². The van der Waals surface area contributed by atoms with Gasteiger partial charge in [0.25, 0.3) is 0 Å². The number of nitrogens with zero attached hydrogens (tertiary/aromatic N) is 2. The lowest BCUT2D eigenvalue weighted by atomic mass is 10.2. The van der Waals surface area contributed by atoms with Crippen molar-refractivity contribution in [2.45, 2.75) is 18.0 Å². The number of aromatic nitrogens is 1. The zero-order chi connectivity index (χ0) is 15.6. The Morgan fingerprint density at radius 1 is 1.33 bits per heavy atom. The molecule has 0 aliphatic rings. The summed E-state index contributed by atoms with van der Waals surface area (Å²) in [6.45, 7) is 0.227. The van der Waals surface area contributed by atoms with Crippen LogP contribution in [0.25, 0.3) is 0 Å². The number of aryl methyl sites for hydroxylation is 1. The maximum absolute atomic E-state index is 13.6. The third kappa shape index (κ3) is 3.15. The quantitative estimate of drug-likeness (QED) is 0.908. The Kier molecular flexibility index (Phi) is 4.46. The summed E-state index contributed by atoms with van der Waals surface area (Å²) in [6.07, 6.45) is 1.51. The molecule has 2 rings (SSSR count). The van der Waals surface area contributed by atoms with Crippen LogP contribution in [0.15, 0.2) is 41.4 Å². The van der Waals surface area contributed by atoms with Crippen LogP contribution < -0.4 is 5.73 Å². The number of hydrogen-bond acceptors (Lipinski definition) is 3. The maximum Gasteiger partial charge on any atom is 0.244 e. The molecule has 0 atom stereocenters. The van der Waals surface area contributed by atoms with Gasteiger partial charge in [-0.2, -0.15) is 4.31 Å². The molecule has 7 heteroatoms. The van der Waals surface area contributed by atoms with Crippen LogP contribution in [0.3, 0.4) is 0 Å². The van der Waals surface area contributed by atoms with E-state index in [4.69, 9.17) is 5.73 Å². The minimum atomic E-state index is -3.68. The van der Waals surface area contributed by atoms with Crippen molar-refractivity contribution >= 4 is 10.0 Å². The molecule has 0 amide bonds. The number of sulfonamides is 1. The van der Waals surface area contributed by atoms with E-state index in [0.717, 1.165) is 4.31 Å². The minimum absolute atomic E-state index is 0.0259. The van der Waals surface area contributed by atoms with Gasteiger partial charge >= 0.3 is 0 Å². The number of nitrogens with two attached hydrogens (primary N) is 1. The molecule has 114 valence electrons. The van der Waals surface area contributed by atoms with E-state index in [-0.39, 0.29) is 18.0 Å². The molecule has 0 aliphatic heterocycles. The minimum Gasteiger partial charge on any atom is -0.352 e. The second-order valence-corrected chi connectivity index (χ2v) is 6.88. The van der Waals surface area contributed by atoms with Crippen LogP contribution in [0.5, 0.6) is 0 Å². The van der Waals surface area contributed by atoms with E-state index in [0.29, 0.717) is 11.3 Å². The summed E-state index contributed by atoms with van der Waals surface area (Å²) in [7, 11) is -0.514. The van der Waals surface area contributed by atoms with Crippen molar-refractivity contribution in [2.24, 2.45) is 12.8 Å². The van der Waals surface area contributed by atoms with Crippen molar-refractivity contribution in [3.05, 3.63) is 53.6 Å². The fourth-order valence-electron chi connectivity index (χ4n) is 2.05. The molecule has 1 aromatic heterocycles. The highest BCUT2D eigenvalue weighted by Gasteiger charge is 2.23. The van der Waals surface area contributed by atoms with Crippen molar-refractivity contribution in [1.29, 1.82) is 0 Å². The van der Waals surface area contributed by atoms with Crippen molar-refractivity contribution < 1.29 is 12.8 Å². The largest absolute Gasteiger partial charge is 0.352 e. The Morgan fingerprint density at radius 2 is 2.00 bits per heavy atom. The van der Waals surface area contributed by atoms with Gasteiger partial charge in [0.2, 0.25) is 10.0 Å². The van der Waals surface area contributed by atoms with Crippen LogP contribution in [0.2, 0.25) is 0 Å². The zero-order valence-electron chi connectivity index (χ0n) is 12.0. The summed E-state index contributed by atoms with van der Waals surface area (Å²) in [6, 6.07) is 7.65. The van der Waals surface area contributed by atoms with Crippen molar-refractivity contribution in [1.82, 2.24) is 8.87 Å². The van der Waals surface area contributed by atoms with Crippen LogP contribution in [-0.2, 0) is 30.2 Å². The van der Waals surface area contributed by atoms with Crippen molar-refractivity contribution in [3.63, 3.8) is 0 Å². The van der Waals surface area contributed by atoms with E-state index in [1.165, 1.54) is 25.4 Å². The average molecular weight is 311 g/mol. The standard InChI is InChI=1S/C14H18FN3O2S/c1-17-10-13(7-12(17)8-16)21(19,20)18(2)9-11-5-3-4-6-14(11)15/h3-7,10H,8-9,16H2,1-2H3. The Bertz CT molecular complexity index is 740. The molecule has 2 aromatic rings. The Morgan fingerprint density at radius 3 is 2.57 bits per heavy atom. The summed E-state index contributed by atoms with van der Waals surface area (Å²) < 4.78 is 41.4. The molecule has 0 saturated heterocycles. The fourth-order valence-corrected chi connectivity index (χ4v) is 3.30. The topological polar surface area (TPSA) is 68.3 Å². The van der Waals surface area contributed by atoms with E-state index < -0.39 is 15.8 Å².